The van der Waals surface area contributed by atoms with Crippen molar-refractivity contribution in [1.29, 1.82) is 0 Å². The van der Waals surface area contributed by atoms with Crippen LogP contribution in [0.15, 0.2) is 29.6 Å². The van der Waals surface area contributed by atoms with Crippen molar-refractivity contribution < 1.29 is 0 Å². The van der Waals surface area contributed by atoms with Crippen LogP contribution >= 0.6 is 23.6 Å². The number of aromatic nitrogens is 1. The Balaban J connectivity index is 2.29. The van der Waals surface area contributed by atoms with Gasteiger partial charge < -0.3 is 5.73 Å². The summed E-state index contributed by atoms with van der Waals surface area (Å²) >= 11 is 6.80. The van der Waals surface area contributed by atoms with Crippen LogP contribution in [-0.2, 0) is 0 Å². The lowest BCUT2D eigenvalue weighted by Gasteiger charge is -2.01. The fourth-order valence-electron chi connectivity index (χ4n) is 1.40. The first-order valence-corrected chi connectivity index (χ1v) is 6.25. The molecule has 4 heteroatoms. The van der Waals surface area contributed by atoms with Crippen LogP contribution in [0, 0.1) is 6.92 Å². The summed E-state index contributed by atoms with van der Waals surface area (Å²) in [6.45, 7) is 2.42. The second-order valence-corrected chi connectivity index (χ2v) is 4.85. The van der Waals surface area contributed by atoms with Crippen molar-refractivity contribution in [1.82, 2.24) is 4.98 Å². The molecule has 82 valence electrons. The Labute approximate surface area is 104 Å². The third-order valence-corrected chi connectivity index (χ3v) is 3.67. The molecule has 0 bridgehead atoms. The van der Waals surface area contributed by atoms with E-state index in [1.807, 2.05) is 36.6 Å². The molecule has 2 aromatic rings. The summed E-state index contributed by atoms with van der Waals surface area (Å²) in [5.74, 6) is 0. The Hall–Kier alpha value is -1.10. The summed E-state index contributed by atoms with van der Waals surface area (Å²) < 4.78 is 0. The average Bonchev–Trinajstić information content (AvgIpc) is 2.75. The smallest absolute Gasteiger partial charge is 0.123 e. The molecule has 0 saturated heterocycles. The number of nitrogens with two attached hydrogens (primary N) is 1. The monoisotopic (exact) mass is 248 g/mol. The molecule has 16 heavy (non-hydrogen) atoms. The highest BCUT2D eigenvalue weighted by Crippen LogP contribution is 2.23. The predicted molar refractivity (Wildman–Crippen MR) is 73.0 cm³/mol. The molecule has 0 atom stereocenters. The molecule has 0 radical (unpaired) electrons. The highest BCUT2D eigenvalue weighted by atomic mass is 32.1. The van der Waals surface area contributed by atoms with Crippen molar-refractivity contribution in [3.8, 4) is 10.6 Å². The molecule has 2 rings (SSSR count). The van der Waals surface area contributed by atoms with Gasteiger partial charge in [-0.1, -0.05) is 36.5 Å². The van der Waals surface area contributed by atoms with Crippen LogP contribution in [0.4, 0.5) is 0 Å². The van der Waals surface area contributed by atoms with Crippen LogP contribution < -0.4 is 5.73 Å². The summed E-state index contributed by atoms with van der Waals surface area (Å²) in [7, 11) is 0. The van der Waals surface area contributed by atoms with Gasteiger partial charge in [0, 0.05) is 28.0 Å². The van der Waals surface area contributed by atoms with Gasteiger partial charge in [-0.05, 0) is 12.5 Å². The van der Waals surface area contributed by atoms with Crippen molar-refractivity contribution in [2.45, 2.75) is 6.92 Å². The molecule has 1 heterocycles. The average molecular weight is 248 g/mol. The molecule has 0 fully saturated rings. The fraction of sp³-hybridized carbons (Fsp3) is 0.167. The van der Waals surface area contributed by atoms with Crippen LogP contribution in [0.5, 0.6) is 0 Å². The van der Waals surface area contributed by atoms with Crippen molar-refractivity contribution in [3.05, 3.63) is 40.9 Å². The topological polar surface area (TPSA) is 38.9 Å². The van der Waals surface area contributed by atoms with Gasteiger partial charge in [-0.2, -0.15) is 0 Å². The molecule has 0 aliphatic rings. The normalized spacial score (nSPS) is 10.4. The number of benzene rings is 1. The number of aryl methyl sites for hydroxylation is 1. The molecule has 2 nitrogen and oxygen atoms in total. The molecular weight excluding hydrogens is 236 g/mol. The van der Waals surface area contributed by atoms with Crippen LogP contribution in [0.3, 0.4) is 0 Å². The molecule has 0 saturated carbocycles. The summed E-state index contributed by atoms with van der Waals surface area (Å²) in [5.41, 5.74) is 8.71. The first-order chi connectivity index (χ1) is 7.70. The molecule has 0 spiro atoms. The Kier molecular flexibility index (Phi) is 3.43. The predicted octanol–water partition coefficient (Wildman–Crippen LogP) is 2.80. The minimum atomic E-state index is 0.422. The first kappa shape index (κ1) is 11.4. The van der Waals surface area contributed by atoms with Gasteiger partial charge in [0.05, 0.1) is 0 Å². The lowest BCUT2D eigenvalue weighted by Crippen LogP contribution is -2.11. The van der Waals surface area contributed by atoms with Crippen LogP contribution in [0.25, 0.3) is 10.6 Å². The molecule has 0 aliphatic carbocycles. The Morgan fingerprint density at radius 3 is 2.56 bits per heavy atom. The second kappa shape index (κ2) is 4.82. The van der Waals surface area contributed by atoms with Gasteiger partial charge in [-0.3, -0.25) is 0 Å². The van der Waals surface area contributed by atoms with Gasteiger partial charge in [-0.25, -0.2) is 4.98 Å². The number of thiazole rings is 1. The zero-order chi connectivity index (χ0) is 11.5. The number of thiocarbonyl (C=S) groups is 1. The maximum atomic E-state index is 5.51. The largest absolute Gasteiger partial charge is 0.326 e. The summed E-state index contributed by atoms with van der Waals surface area (Å²) in [6.07, 6.45) is 0. The Morgan fingerprint density at radius 2 is 2.06 bits per heavy atom. The summed E-state index contributed by atoms with van der Waals surface area (Å²) in [5, 5.41) is 3.09. The molecule has 0 unspecified atom stereocenters. The lowest BCUT2D eigenvalue weighted by atomic mass is 10.1. The number of rotatable bonds is 3. The van der Waals surface area contributed by atoms with E-state index in [4.69, 9.17) is 18.0 Å². The molecule has 0 aliphatic heterocycles. The third kappa shape index (κ3) is 2.35. The number of nitrogens with zero attached hydrogens (tertiary/aromatic N) is 1. The van der Waals surface area contributed by atoms with Crippen molar-refractivity contribution in [2.75, 3.05) is 6.54 Å². The van der Waals surface area contributed by atoms with Gasteiger partial charge in [-0.15, -0.1) is 11.3 Å². The minimum absolute atomic E-state index is 0.422. The van der Waals surface area contributed by atoms with Gasteiger partial charge >= 0.3 is 0 Å². The minimum Gasteiger partial charge on any atom is -0.326 e. The second-order valence-electron chi connectivity index (χ2n) is 3.50. The van der Waals surface area contributed by atoms with Crippen LogP contribution in [0.2, 0.25) is 0 Å². The molecule has 0 amide bonds. The van der Waals surface area contributed by atoms with Gasteiger partial charge in [0.15, 0.2) is 0 Å². The maximum Gasteiger partial charge on any atom is 0.123 e. The zero-order valence-electron chi connectivity index (χ0n) is 8.93. The van der Waals surface area contributed by atoms with E-state index >= 15 is 0 Å². The Bertz CT molecular complexity index is 500. The fourth-order valence-corrected chi connectivity index (χ4v) is 2.34. The van der Waals surface area contributed by atoms with E-state index in [0.29, 0.717) is 6.54 Å². The van der Waals surface area contributed by atoms with Crippen molar-refractivity contribution >= 4 is 28.4 Å². The van der Waals surface area contributed by atoms with Gasteiger partial charge in [0.25, 0.3) is 0 Å². The van der Waals surface area contributed by atoms with E-state index in [9.17, 15) is 0 Å². The lowest BCUT2D eigenvalue weighted by molar-refractivity contribution is 1.27. The SMILES string of the molecule is Cc1csc(-c2ccc(C(=S)CN)cc2)n1. The van der Waals surface area contributed by atoms with Crippen LogP contribution in [-0.4, -0.2) is 16.4 Å². The summed E-state index contributed by atoms with van der Waals surface area (Å²) in [6, 6.07) is 8.08. The molecule has 1 aromatic heterocycles. The molecule has 1 aromatic carbocycles. The van der Waals surface area contributed by atoms with Crippen molar-refractivity contribution in [2.24, 2.45) is 5.73 Å². The maximum absolute atomic E-state index is 5.51. The molecule has 2 N–H and O–H groups in total. The van der Waals surface area contributed by atoms with Gasteiger partial charge in [0.2, 0.25) is 0 Å². The Morgan fingerprint density at radius 1 is 1.38 bits per heavy atom. The van der Waals surface area contributed by atoms with Crippen molar-refractivity contribution in [3.63, 3.8) is 0 Å². The number of hydrogen-bond acceptors (Lipinski definition) is 4. The van der Waals surface area contributed by atoms with E-state index in [1.54, 1.807) is 11.3 Å². The van der Waals surface area contributed by atoms with Gasteiger partial charge in [0.1, 0.15) is 5.01 Å². The number of hydrogen-bond donors (Lipinski definition) is 1. The third-order valence-electron chi connectivity index (χ3n) is 2.26. The highest BCUT2D eigenvalue weighted by Gasteiger charge is 2.03. The quantitative estimate of drug-likeness (QED) is 0.670. The standard InChI is InChI=1S/C12H12N2S2/c1-8-7-16-12(14-8)10-4-2-9(3-5-10)11(15)6-13/h2-5,7H,6,13H2,1H3. The van der Waals surface area contributed by atoms with E-state index in [1.165, 1.54) is 0 Å². The summed E-state index contributed by atoms with van der Waals surface area (Å²) in [4.78, 5) is 5.23. The zero-order valence-corrected chi connectivity index (χ0v) is 10.6. The van der Waals surface area contributed by atoms with E-state index in [2.05, 4.69) is 4.98 Å². The molecular formula is C12H12N2S2. The first-order valence-electron chi connectivity index (χ1n) is 4.96. The van der Waals surface area contributed by atoms with E-state index in [0.717, 1.165) is 26.7 Å². The highest BCUT2D eigenvalue weighted by molar-refractivity contribution is 7.80. The van der Waals surface area contributed by atoms with E-state index < -0.39 is 0 Å². The van der Waals surface area contributed by atoms with Crippen LogP contribution in [0.1, 0.15) is 11.3 Å². The van der Waals surface area contributed by atoms with E-state index in [-0.39, 0.29) is 0 Å².